The third kappa shape index (κ3) is 3.59. The molecule has 0 aromatic carbocycles. The van der Waals surface area contributed by atoms with Crippen LogP contribution in [0.2, 0.25) is 0 Å². The quantitative estimate of drug-likeness (QED) is 0.527. The number of allylic oxidation sites excluding steroid dienone is 1. The molecule has 3 aliphatic rings. The number of alkyl halides is 2. The summed E-state index contributed by atoms with van der Waals surface area (Å²) in [5, 5.41) is 10.5. The molecule has 0 radical (unpaired) electrons. The van der Waals surface area contributed by atoms with Crippen molar-refractivity contribution < 1.29 is 46.2 Å². The average Bonchev–Trinajstić information content (AvgIpc) is 2.84. The van der Waals surface area contributed by atoms with Gasteiger partial charge in [0.15, 0.2) is 17.7 Å². The van der Waals surface area contributed by atoms with E-state index in [-0.39, 0.29) is 0 Å². The van der Waals surface area contributed by atoms with Gasteiger partial charge in [-0.3, -0.25) is 19.0 Å². The first-order chi connectivity index (χ1) is 12.5. The summed E-state index contributed by atoms with van der Waals surface area (Å²) in [7, 11) is 0. The smallest absolute Gasteiger partial charge is 0.328 e. The predicted molar refractivity (Wildman–Crippen MR) is 86.6 cm³/mol. The highest BCUT2D eigenvalue weighted by atomic mass is 32.5. The molecular formula is C14H17F3NO7PS. The predicted octanol–water partition coefficient (Wildman–Crippen LogP) is 1.38. The van der Waals surface area contributed by atoms with Gasteiger partial charge in [-0.25, -0.2) is 13.2 Å². The van der Waals surface area contributed by atoms with Gasteiger partial charge in [-0.2, -0.15) is 0 Å². The maximum absolute atomic E-state index is 13.8. The lowest BCUT2D eigenvalue weighted by atomic mass is 9.96. The van der Waals surface area contributed by atoms with E-state index in [0.29, 0.717) is 11.1 Å². The number of aliphatic hydroxyl groups excluding tert-OH is 1. The summed E-state index contributed by atoms with van der Waals surface area (Å²) < 4.78 is 62.5. The summed E-state index contributed by atoms with van der Waals surface area (Å²) in [6, 6.07) is 0. The first-order valence-corrected chi connectivity index (χ1v) is 10.5. The molecule has 3 heterocycles. The SMILES string of the molecule is CC(C)OP1(=S)OC[C@@]2(C(F)F)O[C@@H](N3C=C(F)C(=O)CC3=O)[C@H](O)[C@H]2O1. The number of fused-ring (bicyclic) bond motifs is 1. The van der Waals surface area contributed by atoms with Crippen LogP contribution in [0.4, 0.5) is 13.2 Å². The van der Waals surface area contributed by atoms with E-state index in [2.05, 4.69) is 0 Å². The molecule has 1 amide bonds. The van der Waals surface area contributed by atoms with Crippen molar-refractivity contribution in [2.24, 2.45) is 0 Å². The van der Waals surface area contributed by atoms with Crippen molar-refractivity contribution in [3.8, 4) is 0 Å². The van der Waals surface area contributed by atoms with Gasteiger partial charge in [-0.15, -0.1) is 0 Å². The second-order valence-corrected chi connectivity index (χ2v) is 9.45. The van der Waals surface area contributed by atoms with Crippen LogP contribution in [-0.2, 0) is 39.7 Å². The zero-order valence-corrected chi connectivity index (χ0v) is 15.9. The van der Waals surface area contributed by atoms with Crippen LogP contribution in [0.3, 0.4) is 0 Å². The number of nitrogens with zero attached hydrogens (tertiary/aromatic N) is 1. The fourth-order valence-electron chi connectivity index (χ4n) is 2.99. The zero-order valence-electron chi connectivity index (χ0n) is 14.2. The van der Waals surface area contributed by atoms with E-state index in [1.54, 1.807) is 13.8 Å². The van der Waals surface area contributed by atoms with Crippen LogP contribution in [0, 0.1) is 0 Å². The van der Waals surface area contributed by atoms with Crippen LogP contribution in [0.1, 0.15) is 20.3 Å². The molecule has 0 saturated carbocycles. The summed E-state index contributed by atoms with van der Waals surface area (Å²) in [5.41, 5.74) is -2.43. The Morgan fingerprint density at radius 1 is 1.44 bits per heavy atom. The number of carbonyl (C=O) groups is 2. The van der Waals surface area contributed by atoms with Crippen molar-refractivity contribution in [3.05, 3.63) is 12.0 Å². The van der Waals surface area contributed by atoms with Gasteiger partial charge in [0.25, 0.3) is 6.43 Å². The molecule has 0 aliphatic carbocycles. The summed E-state index contributed by atoms with van der Waals surface area (Å²) >= 11 is 5.13. The first kappa shape index (κ1) is 20.8. The molecule has 13 heteroatoms. The van der Waals surface area contributed by atoms with Crippen molar-refractivity contribution in [2.45, 2.75) is 56.8 Å². The van der Waals surface area contributed by atoms with Gasteiger partial charge in [0.05, 0.1) is 19.1 Å². The Hall–Kier alpha value is -0.880. The van der Waals surface area contributed by atoms with E-state index in [0.717, 1.165) is 0 Å². The van der Waals surface area contributed by atoms with Crippen LogP contribution < -0.4 is 0 Å². The Balaban J connectivity index is 1.93. The molecule has 0 aromatic rings. The van der Waals surface area contributed by atoms with Gasteiger partial charge < -0.3 is 18.9 Å². The van der Waals surface area contributed by atoms with E-state index in [1.807, 2.05) is 0 Å². The molecule has 152 valence electrons. The Morgan fingerprint density at radius 2 is 2.11 bits per heavy atom. The van der Waals surface area contributed by atoms with Crippen molar-refractivity contribution in [3.63, 3.8) is 0 Å². The van der Waals surface area contributed by atoms with Crippen LogP contribution in [0.15, 0.2) is 12.0 Å². The molecule has 1 unspecified atom stereocenters. The minimum atomic E-state index is -3.45. The van der Waals surface area contributed by atoms with Gasteiger partial charge >= 0.3 is 6.72 Å². The van der Waals surface area contributed by atoms with Gasteiger partial charge in [0.1, 0.15) is 12.2 Å². The number of hydrogen-bond donors (Lipinski definition) is 1. The highest BCUT2D eigenvalue weighted by molar-refractivity contribution is 8.07. The molecule has 1 N–H and O–H groups in total. The lowest BCUT2D eigenvalue weighted by molar-refractivity contribution is -0.210. The minimum absolute atomic E-state index is 0.433. The molecule has 3 aliphatic heterocycles. The number of ketones is 1. The molecule has 3 rings (SSSR count). The Kier molecular flexibility index (Phi) is 5.54. The molecule has 8 nitrogen and oxygen atoms in total. The molecule has 2 fully saturated rings. The van der Waals surface area contributed by atoms with Crippen molar-refractivity contribution in [2.75, 3.05) is 6.61 Å². The van der Waals surface area contributed by atoms with E-state index >= 15 is 0 Å². The fourth-order valence-corrected chi connectivity index (χ4v) is 5.57. The Labute approximate surface area is 157 Å². The van der Waals surface area contributed by atoms with Crippen LogP contribution >= 0.6 is 6.72 Å². The number of amides is 1. The summed E-state index contributed by atoms with van der Waals surface area (Å²) in [4.78, 5) is 23.9. The largest absolute Gasteiger partial charge is 0.386 e. The second-order valence-electron chi connectivity index (χ2n) is 6.53. The summed E-state index contributed by atoms with van der Waals surface area (Å²) in [6.07, 6.45) is -9.10. The van der Waals surface area contributed by atoms with Crippen LogP contribution in [0.5, 0.6) is 0 Å². The number of rotatable bonds is 4. The molecule has 27 heavy (non-hydrogen) atoms. The van der Waals surface area contributed by atoms with Gasteiger partial charge in [0, 0.05) is 6.20 Å². The van der Waals surface area contributed by atoms with E-state index in [1.165, 1.54) is 0 Å². The minimum Gasteiger partial charge on any atom is -0.386 e. The molecule has 0 spiro atoms. The number of aliphatic hydroxyl groups is 1. The number of ether oxygens (including phenoxy) is 1. The summed E-state index contributed by atoms with van der Waals surface area (Å²) in [5.74, 6) is -3.21. The first-order valence-electron chi connectivity index (χ1n) is 7.96. The van der Waals surface area contributed by atoms with Gasteiger partial charge in [0.2, 0.25) is 11.7 Å². The average molecular weight is 431 g/mol. The standard InChI is InChI=1S/C14H17F3NO7PS/c1-6(2)24-26(27)22-5-14(13(16)17)11(25-26)10(21)12(23-14)18-4-7(15)8(19)3-9(18)20/h4,6,10-13,21H,3,5H2,1-2H3/t10-,11-,12-,14-,26?/m1/s1. The monoisotopic (exact) mass is 431 g/mol. The number of Topliss-reactive ketones (excluding diaryl/α,β-unsaturated/α-hetero) is 1. The lowest BCUT2D eigenvalue weighted by Crippen LogP contribution is -2.56. The highest BCUT2D eigenvalue weighted by Gasteiger charge is 2.67. The second kappa shape index (κ2) is 7.18. The van der Waals surface area contributed by atoms with E-state index < -0.39 is 73.8 Å². The molecule has 0 aromatic heterocycles. The maximum atomic E-state index is 13.8. The van der Waals surface area contributed by atoms with Crippen molar-refractivity contribution in [1.29, 1.82) is 0 Å². The topological polar surface area (TPSA) is 94.5 Å². The Bertz CT molecular complexity index is 735. The third-order valence-corrected chi connectivity index (χ3v) is 6.66. The third-order valence-electron chi connectivity index (χ3n) is 4.22. The number of halogens is 3. The highest BCUT2D eigenvalue weighted by Crippen LogP contribution is 2.60. The Morgan fingerprint density at radius 3 is 2.70 bits per heavy atom. The van der Waals surface area contributed by atoms with Crippen LogP contribution in [0.25, 0.3) is 0 Å². The molecule has 5 atom stereocenters. The normalized spacial score (nSPS) is 39.9. The molecule has 0 bridgehead atoms. The number of hydrogen-bond acceptors (Lipinski definition) is 8. The number of carbonyl (C=O) groups excluding carboxylic acids is 2. The maximum Gasteiger partial charge on any atom is 0.328 e. The molecule has 2 saturated heterocycles. The van der Waals surface area contributed by atoms with Crippen LogP contribution in [-0.4, -0.2) is 64.9 Å². The summed E-state index contributed by atoms with van der Waals surface area (Å²) in [6.45, 7) is -0.928. The van der Waals surface area contributed by atoms with Crippen molar-refractivity contribution >= 4 is 30.2 Å². The molecular weight excluding hydrogens is 414 g/mol. The lowest BCUT2D eigenvalue weighted by Gasteiger charge is -2.41. The van der Waals surface area contributed by atoms with E-state index in [4.69, 9.17) is 30.1 Å². The van der Waals surface area contributed by atoms with E-state index in [9.17, 15) is 27.9 Å². The zero-order chi connectivity index (χ0) is 20.1. The van der Waals surface area contributed by atoms with Gasteiger partial charge in [-0.05, 0) is 25.7 Å². The fraction of sp³-hybridized carbons (Fsp3) is 0.714. The van der Waals surface area contributed by atoms with Crippen molar-refractivity contribution in [1.82, 2.24) is 4.90 Å². The van der Waals surface area contributed by atoms with Gasteiger partial charge in [-0.1, -0.05) is 0 Å².